The van der Waals surface area contributed by atoms with Crippen LogP contribution < -0.4 is 4.74 Å². The second kappa shape index (κ2) is 9.62. The smallest absolute Gasteiger partial charge is 0.258 e. The van der Waals surface area contributed by atoms with E-state index in [-0.39, 0.29) is 11.9 Å². The molecule has 1 unspecified atom stereocenters. The molecule has 0 bridgehead atoms. The summed E-state index contributed by atoms with van der Waals surface area (Å²) in [6, 6.07) is 4.14. The third kappa shape index (κ3) is 4.25. The number of fused-ring (bicyclic) bond motifs is 1. The Hall–Kier alpha value is -3.75. The van der Waals surface area contributed by atoms with Crippen molar-refractivity contribution in [2.24, 2.45) is 0 Å². The van der Waals surface area contributed by atoms with Crippen LogP contribution in [0.25, 0.3) is 22.3 Å². The number of aromatic nitrogens is 5. The third-order valence-electron chi connectivity index (χ3n) is 6.14. The molecule has 4 aromatic rings. The van der Waals surface area contributed by atoms with Gasteiger partial charge >= 0.3 is 0 Å². The fourth-order valence-corrected chi connectivity index (χ4v) is 5.08. The van der Waals surface area contributed by atoms with Gasteiger partial charge < -0.3 is 14.6 Å². The summed E-state index contributed by atoms with van der Waals surface area (Å²) in [4.78, 5) is 28.8. The van der Waals surface area contributed by atoms with Gasteiger partial charge in [-0.05, 0) is 6.07 Å². The van der Waals surface area contributed by atoms with Gasteiger partial charge in [-0.25, -0.2) is 9.97 Å². The largest absolute Gasteiger partial charge is 0.495 e. The highest BCUT2D eigenvalue weighted by molar-refractivity contribution is 7.08. The van der Waals surface area contributed by atoms with Gasteiger partial charge in [-0.1, -0.05) is 0 Å². The summed E-state index contributed by atoms with van der Waals surface area (Å²) in [7, 11) is 1.58. The maximum absolute atomic E-state index is 12.9. The van der Waals surface area contributed by atoms with Crippen LogP contribution in [0, 0.1) is 11.3 Å². The van der Waals surface area contributed by atoms with Gasteiger partial charge in [-0.2, -0.15) is 10.4 Å². The molecule has 0 aliphatic carbocycles. The van der Waals surface area contributed by atoms with Crippen molar-refractivity contribution in [1.29, 1.82) is 5.26 Å². The Kier molecular flexibility index (Phi) is 6.24. The number of methoxy groups -OCH3 is 1. The van der Waals surface area contributed by atoms with Gasteiger partial charge in [-0.15, -0.1) is 11.3 Å². The number of ether oxygens (including phenoxy) is 1. The SMILES string of the molecule is COc1cscc1C(=O)N1CCN(CC(CC#N)n2cc(-c3ncnc4[nH]ccc34)cn2)CC1. The van der Waals surface area contributed by atoms with Crippen molar-refractivity contribution >= 4 is 28.3 Å². The number of hydrogen-bond donors (Lipinski definition) is 1. The minimum Gasteiger partial charge on any atom is -0.495 e. The molecule has 174 valence electrons. The second-order valence-corrected chi connectivity index (χ2v) is 8.88. The Labute approximate surface area is 200 Å². The molecule has 1 fully saturated rings. The van der Waals surface area contributed by atoms with Gasteiger partial charge in [0.2, 0.25) is 0 Å². The van der Waals surface area contributed by atoms with E-state index >= 15 is 0 Å². The molecule has 0 spiro atoms. The van der Waals surface area contributed by atoms with Crippen molar-refractivity contribution in [3.8, 4) is 23.1 Å². The first kappa shape index (κ1) is 22.1. The third-order valence-corrected chi connectivity index (χ3v) is 6.86. The van der Waals surface area contributed by atoms with Crippen LogP contribution >= 0.6 is 11.3 Å². The lowest BCUT2D eigenvalue weighted by Crippen LogP contribution is -2.49. The summed E-state index contributed by atoms with van der Waals surface area (Å²) in [5.41, 5.74) is 3.09. The average molecular weight is 477 g/mol. The van der Waals surface area contributed by atoms with Gasteiger partial charge in [0.05, 0.1) is 43.1 Å². The van der Waals surface area contributed by atoms with Gasteiger partial charge in [-0.3, -0.25) is 14.4 Å². The highest BCUT2D eigenvalue weighted by Crippen LogP contribution is 2.27. The molecule has 1 amide bonds. The van der Waals surface area contributed by atoms with E-state index in [1.165, 1.54) is 17.7 Å². The van der Waals surface area contributed by atoms with Crippen molar-refractivity contribution in [1.82, 2.24) is 34.5 Å². The number of amides is 1. The Morgan fingerprint density at radius 3 is 2.94 bits per heavy atom. The molecule has 0 radical (unpaired) electrons. The van der Waals surface area contributed by atoms with Gasteiger partial charge in [0, 0.05) is 66.8 Å². The fraction of sp³-hybridized carbons (Fsp3) is 0.348. The maximum Gasteiger partial charge on any atom is 0.258 e. The molecule has 5 heterocycles. The average Bonchev–Trinajstić information content (AvgIpc) is 3.64. The van der Waals surface area contributed by atoms with Crippen LogP contribution in [-0.4, -0.2) is 80.3 Å². The van der Waals surface area contributed by atoms with Crippen LogP contribution in [0.4, 0.5) is 0 Å². The quantitative estimate of drug-likeness (QED) is 0.436. The maximum atomic E-state index is 12.9. The zero-order valence-electron chi connectivity index (χ0n) is 18.7. The number of H-pyrrole nitrogens is 1. The molecule has 1 aliphatic rings. The molecular formula is C23H24N8O2S. The lowest BCUT2D eigenvalue weighted by atomic mass is 10.1. The number of piperazine rings is 1. The predicted octanol–water partition coefficient (Wildman–Crippen LogP) is 2.80. The van der Waals surface area contributed by atoms with E-state index in [1.54, 1.807) is 13.3 Å². The monoisotopic (exact) mass is 476 g/mol. The second-order valence-electron chi connectivity index (χ2n) is 8.13. The van der Waals surface area contributed by atoms with E-state index in [2.05, 4.69) is 31.0 Å². The first-order valence-corrected chi connectivity index (χ1v) is 11.9. The van der Waals surface area contributed by atoms with Gasteiger partial charge in [0.1, 0.15) is 17.7 Å². The summed E-state index contributed by atoms with van der Waals surface area (Å²) < 4.78 is 7.16. The van der Waals surface area contributed by atoms with Crippen LogP contribution in [0.3, 0.4) is 0 Å². The van der Waals surface area contributed by atoms with Crippen LogP contribution in [-0.2, 0) is 0 Å². The number of carbonyl (C=O) groups excluding carboxylic acids is 1. The number of aromatic amines is 1. The highest BCUT2D eigenvalue weighted by Gasteiger charge is 2.26. The predicted molar refractivity (Wildman–Crippen MR) is 128 cm³/mol. The molecule has 1 N–H and O–H groups in total. The molecule has 4 aromatic heterocycles. The van der Waals surface area contributed by atoms with Crippen molar-refractivity contribution in [3.05, 3.63) is 47.3 Å². The summed E-state index contributed by atoms with van der Waals surface area (Å²) in [5.74, 6) is 0.630. The molecule has 1 aliphatic heterocycles. The van der Waals surface area contributed by atoms with Crippen LogP contribution in [0.15, 0.2) is 41.7 Å². The van der Waals surface area contributed by atoms with Crippen molar-refractivity contribution in [2.75, 3.05) is 39.8 Å². The lowest BCUT2D eigenvalue weighted by molar-refractivity contribution is 0.0615. The van der Waals surface area contributed by atoms with E-state index in [1.807, 2.05) is 38.8 Å². The van der Waals surface area contributed by atoms with Gasteiger partial charge in [0.15, 0.2) is 0 Å². The number of nitriles is 1. The van der Waals surface area contributed by atoms with Crippen molar-refractivity contribution in [3.63, 3.8) is 0 Å². The zero-order chi connectivity index (χ0) is 23.5. The Balaban J connectivity index is 1.25. The number of hydrogen-bond acceptors (Lipinski definition) is 8. The molecular weight excluding hydrogens is 452 g/mol. The van der Waals surface area contributed by atoms with E-state index in [9.17, 15) is 10.1 Å². The fourth-order valence-electron chi connectivity index (χ4n) is 4.31. The van der Waals surface area contributed by atoms with Crippen LogP contribution in [0.2, 0.25) is 0 Å². The van der Waals surface area contributed by atoms with E-state index in [4.69, 9.17) is 4.74 Å². The number of thiophene rings is 1. The molecule has 1 saturated heterocycles. The summed E-state index contributed by atoms with van der Waals surface area (Å²) in [5, 5.41) is 18.6. The van der Waals surface area contributed by atoms with E-state index < -0.39 is 0 Å². The molecule has 0 aromatic carbocycles. The first-order valence-electron chi connectivity index (χ1n) is 11.0. The van der Waals surface area contributed by atoms with Crippen LogP contribution in [0.5, 0.6) is 5.75 Å². The normalized spacial score (nSPS) is 15.4. The Bertz CT molecular complexity index is 1330. The van der Waals surface area contributed by atoms with Crippen molar-refractivity contribution < 1.29 is 9.53 Å². The van der Waals surface area contributed by atoms with Crippen LogP contribution in [0.1, 0.15) is 22.8 Å². The standard InChI is InChI=1S/C23H24N8O2S/c1-33-20-14-34-13-19(20)23(32)30-8-6-29(7-9-30)12-17(2-4-24)31-11-16(10-28-31)21-18-3-5-25-22(18)27-15-26-21/h3,5,10-11,13-15,17H,2,6-9,12H2,1H3,(H,25,26,27). The highest BCUT2D eigenvalue weighted by atomic mass is 32.1. The first-order chi connectivity index (χ1) is 16.7. The Morgan fingerprint density at radius 1 is 1.29 bits per heavy atom. The minimum atomic E-state index is -0.0958. The lowest BCUT2D eigenvalue weighted by Gasteiger charge is -2.36. The number of nitrogens with zero attached hydrogens (tertiary/aromatic N) is 7. The molecule has 11 heteroatoms. The summed E-state index contributed by atoms with van der Waals surface area (Å²) in [6.07, 6.45) is 7.44. The zero-order valence-corrected chi connectivity index (χ0v) is 19.5. The summed E-state index contributed by atoms with van der Waals surface area (Å²) in [6.45, 7) is 3.43. The topological polar surface area (TPSA) is 116 Å². The van der Waals surface area contributed by atoms with E-state index in [0.717, 1.165) is 35.4 Å². The molecule has 1 atom stereocenters. The van der Waals surface area contributed by atoms with Gasteiger partial charge in [0.25, 0.3) is 5.91 Å². The summed E-state index contributed by atoms with van der Waals surface area (Å²) >= 11 is 1.46. The molecule has 5 rings (SSSR count). The van der Waals surface area contributed by atoms with E-state index in [0.29, 0.717) is 37.4 Å². The molecule has 34 heavy (non-hydrogen) atoms. The molecule has 0 saturated carbocycles. The van der Waals surface area contributed by atoms with Crippen molar-refractivity contribution in [2.45, 2.75) is 12.5 Å². The number of nitrogens with one attached hydrogen (secondary N) is 1. The molecule has 10 nitrogen and oxygen atoms in total. The number of rotatable bonds is 7. The number of carbonyl (C=O) groups is 1. The minimum absolute atomic E-state index is 0.00367. The Morgan fingerprint density at radius 2 is 2.15 bits per heavy atom.